The molecular formula is C12H9F3N2O2. The monoisotopic (exact) mass is 270 g/mol. The maximum Gasteiger partial charge on any atom is 0.417 e. The van der Waals surface area contributed by atoms with E-state index in [2.05, 4.69) is 5.32 Å². The number of alkyl halides is 3. The van der Waals surface area contributed by atoms with Crippen LogP contribution in [0.2, 0.25) is 0 Å². The summed E-state index contributed by atoms with van der Waals surface area (Å²) in [5, 5.41) is 11.0. The zero-order chi connectivity index (χ0) is 14.3. The minimum absolute atomic E-state index is 0.0203. The minimum atomic E-state index is -4.65. The summed E-state index contributed by atoms with van der Waals surface area (Å²) in [5.74, 6) is -0.509. The topological polar surface area (TPSA) is 65.4 Å². The molecule has 1 heterocycles. The highest BCUT2D eigenvalue weighted by Crippen LogP contribution is 2.34. The molecule has 1 fully saturated rings. The third-order valence-electron chi connectivity index (χ3n) is 2.76. The minimum Gasteiger partial charge on any atom is -0.359 e. The van der Waals surface area contributed by atoms with E-state index >= 15 is 0 Å². The van der Waals surface area contributed by atoms with Gasteiger partial charge in [0.15, 0.2) is 5.60 Å². The van der Waals surface area contributed by atoms with Crippen molar-refractivity contribution in [1.82, 2.24) is 0 Å². The lowest BCUT2D eigenvalue weighted by molar-refractivity contribution is -0.137. The van der Waals surface area contributed by atoms with Gasteiger partial charge in [0.25, 0.3) is 5.91 Å². The molecule has 1 aromatic carbocycles. The van der Waals surface area contributed by atoms with Gasteiger partial charge in [-0.25, -0.2) is 0 Å². The highest BCUT2D eigenvalue weighted by molar-refractivity contribution is 5.98. The van der Waals surface area contributed by atoms with E-state index in [1.807, 2.05) is 0 Å². The molecule has 0 spiro atoms. The number of nitriles is 1. The molecule has 1 aromatic rings. The first-order chi connectivity index (χ1) is 8.76. The molecule has 1 aliphatic rings. The van der Waals surface area contributed by atoms with Crippen LogP contribution in [-0.4, -0.2) is 18.1 Å². The van der Waals surface area contributed by atoms with E-state index in [0.717, 1.165) is 12.1 Å². The highest BCUT2D eigenvalue weighted by atomic mass is 19.4. The van der Waals surface area contributed by atoms with E-state index < -0.39 is 28.8 Å². The number of anilines is 1. The third kappa shape index (κ3) is 2.69. The van der Waals surface area contributed by atoms with Crippen LogP contribution >= 0.6 is 0 Å². The van der Waals surface area contributed by atoms with Crippen LogP contribution in [0.25, 0.3) is 0 Å². The first kappa shape index (κ1) is 13.4. The van der Waals surface area contributed by atoms with Crippen molar-refractivity contribution in [3.8, 4) is 6.07 Å². The molecule has 0 unspecified atom stereocenters. The van der Waals surface area contributed by atoms with E-state index in [-0.39, 0.29) is 12.3 Å². The molecule has 0 radical (unpaired) electrons. The van der Waals surface area contributed by atoms with Gasteiger partial charge in [0.2, 0.25) is 0 Å². The van der Waals surface area contributed by atoms with Crippen molar-refractivity contribution in [2.75, 3.05) is 11.9 Å². The summed E-state index contributed by atoms with van der Waals surface area (Å²) < 4.78 is 43.0. The number of epoxide rings is 1. The number of benzene rings is 1. The van der Waals surface area contributed by atoms with Gasteiger partial charge in [-0.3, -0.25) is 4.79 Å². The number of rotatable bonds is 2. The standard InChI is InChI=1S/C12H9F3N2O2/c1-11(6-19-11)10(18)17-8-3-2-7(5-16)9(4-8)12(13,14)15/h2-4H,6H2,1H3,(H,17,18)/t11-/m1/s1. The predicted octanol–water partition coefficient (Wildman–Crippen LogP) is 2.30. The lowest BCUT2D eigenvalue weighted by Gasteiger charge is -2.12. The fourth-order valence-corrected chi connectivity index (χ4v) is 1.46. The Kier molecular flexibility index (Phi) is 2.98. The van der Waals surface area contributed by atoms with Crippen molar-refractivity contribution < 1.29 is 22.7 Å². The van der Waals surface area contributed by atoms with E-state index in [0.29, 0.717) is 0 Å². The molecule has 4 nitrogen and oxygen atoms in total. The Labute approximate surface area is 106 Å². The molecule has 1 N–H and O–H groups in total. The van der Waals surface area contributed by atoms with Gasteiger partial charge in [0.05, 0.1) is 23.8 Å². The van der Waals surface area contributed by atoms with Gasteiger partial charge in [-0.2, -0.15) is 18.4 Å². The summed E-state index contributed by atoms with van der Waals surface area (Å²) in [6.07, 6.45) is -4.65. The van der Waals surface area contributed by atoms with E-state index in [4.69, 9.17) is 10.00 Å². The van der Waals surface area contributed by atoms with Gasteiger partial charge in [-0.1, -0.05) is 0 Å². The van der Waals surface area contributed by atoms with Crippen molar-refractivity contribution in [2.45, 2.75) is 18.7 Å². The fourth-order valence-electron chi connectivity index (χ4n) is 1.46. The SMILES string of the molecule is C[C@]1(C(=O)Nc2ccc(C#N)c(C(F)(F)F)c2)CO1. The number of nitrogens with zero attached hydrogens (tertiary/aromatic N) is 1. The first-order valence-corrected chi connectivity index (χ1v) is 5.33. The molecule has 100 valence electrons. The number of carbonyl (C=O) groups is 1. The molecule has 0 aliphatic carbocycles. The van der Waals surface area contributed by atoms with Crippen LogP contribution in [0.15, 0.2) is 18.2 Å². The number of carbonyl (C=O) groups excluding carboxylic acids is 1. The summed E-state index contributed by atoms with van der Waals surface area (Å²) in [6.45, 7) is 1.78. The summed E-state index contributed by atoms with van der Waals surface area (Å²) in [6, 6.07) is 4.48. The summed E-state index contributed by atoms with van der Waals surface area (Å²) >= 11 is 0. The van der Waals surface area contributed by atoms with Crippen molar-refractivity contribution in [3.63, 3.8) is 0 Å². The van der Waals surface area contributed by atoms with E-state index in [1.54, 1.807) is 0 Å². The molecule has 0 bridgehead atoms. The Morgan fingerprint density at radius 3 is 2.63 bits per heavy atom. The Morgan fingerprint density at radius 1 is 1.53 bits per heavy atom. The molecule has 0 saturated carbocycles. The maximum atomic E-state index is 12.7. The Morgan fingerprint density at radius 2 is 2.16 bits per heavy atom. The number of hydrogen-bond acceptors (Lipinski definition) is 3. The number of ether oxygens (including phenoxy) is 1. The van der Waals surface area contributed by atoms with Gasteiger partial charge in [0, 0.05) is 5.69 Å². The van der Waals surface area contributed by atoms with E-state index in [9.17, 15) is 18.0 Å². The highest BCUT2D eigenvalue weighted by Gasteiger charge is 2.47. The molecule has 1 aliphatic heterocycles. The lowest BCUT2D eigenvalue weighted by Crippen LogP contribution is -2.28. The van der Waals surface area contributed by atoms with Gasteiger partial charge >= 0.3 is 6.18 Å². The molecular weight excluding hydrogens is 261 g/mol. The van der Waals surface area contributed by atoms with Gasteiger partial charge in [-0.15, -0.1) is 0 Å². The molecule has 0 aromatic heterocycles. The normalized spacial score (nSPS) is 21.6. The number of amides is 1. The maximum absolute atomic E-state index is 12.7. The zero-order valence-electron chi connectivity index (χ0n) is 9.84. The third-order valence-corrected chi connectivity index (χ3v) is 2.76. The van der Waals surface area contributed by atoms with Crippen LogP contribution in [0.1, 0.15) is 18.1 Å². The van der Waals surface area contributed by atoms with Crippen LogP contribution < -0.4 is 5.32 Å². The molecule has 2 rings (SSSR count). The lowest BCUT2D eigenvalue weighted by atomic mass is 10.1. The van der Waals surface area contributed by atoms with Crippen LogP contribution in [0.5, 0.6) is 0 Å². The molecule has 7 heteroatoms. The zero-order valence-corrected chi connectivity index (χ0v) is 9.84. The second kappa shape index (κ2) is 4.24. The van der Waals surface area contributed by atoms with Crippen molar-refractivity contribution in [3.05, 3.63) is 29.3 Å². The van der Waals surface area contributed by atoms with Crippen LogP contribution in [0.4, 0.5) is 18.9 Å². The summed E-state index contributed by atoms with van der Waals surface area (Å²) in [7, 11) is 0. The average Bonchev–Trinajstić information content (AvgIpc) is 3.07. The van der Waals surface area contributed by atoms with Crippen molar-refractivity contribution in [1.29, 1.82) is 5.26 Å². The number of nitrogens with one attached hydrogen (secondary N) is 1. The van der Waals surface area contributed by atoms with Crippen molar-refractivity contribution in [2.24, 2.45) is 0 Å². The number of halogens is 3. The quantitative estimate of drug-likeness (QED) is 0.838. The molecule has 1 saturated heterocycles. The van der Waals surface area contributed by atoms with Crippen LogP contribution in [-0.2, 0) is 15.7 Å². The molecule has 1 atom stereocenters. The molecule has 19 heavy (non-hydrogen) atoms. The summed E-state index contributed by atoms with van der Waals surface area (Å²) in [5.41, 5.74) is -2.55. The Bertz CT molecular complexity index is 571. The first-order valence-electron chi connectivity index (χ1n) is 5.33. The Balaban J connectivity index is 2.29. The second-order valence-corrected chi connectivity index (χ2v) is 4.34. The second-order valence-electron chi connectivity index (χ2n) is 4.34. The number of hydrogen-bond donors (Lipinski definition) is 1. The smallest absolute Gasteiger partial charge is 0.359 e. The largest absolute Gasteiger partial charge is 0.417 e. The predicted molar refractivity (Wildman–Crippen MR) is 59.1 cm³/mol. The van der Waals surface area contributed by atoms with Crippen molar-refractivity contribution >= 4 is 11.6 Å². The van der Waals surface area contributed by atoms with Gasteiger partial charge in [-0.05, 0) is 25.1 Å². The van der Waals surface area contributed by atoms with E-state index in [1.165, 1.54) is 19.1 Å². The fraction of sp³-hybridized carbons (Fsp3) is 0.333. The van der Waals surface area contributed by atoms with Crippen LogP contribution in [0, 0.1) is 11.3 Å². The van der Waals surface area contributed by atoms with Crippen LogP contribution in [0.3, 0.4) is 0 Å². The molecule has 1 amide bonds. The van der Waals surface area contributed by atoms with Gasteiger partial charge in [0.1, 0.15) is 0 Å². The summed E-state index contributed by atoms with van der Waals surface area (Å²) in [4.78, 5) is 11.6. The Hall–Kier alpha value is -2.07. The average molecular weight is 270 g/mol. The van der Waals surface area contributed by atoms with Gasteiger partial charge < -0.3 is 10.1 Å².